The number of pyridine rings is 1. The molecular formula is C38H54N8O7. The maximum absolute atomic E-state index is 14.5. The average Bonchev–Trinajstić information content (AvgIpc) is 3.80. The Morgan fingerprint density at radius 2 is 1.79 bits per heavy atom. The monoisotopic (exact) mass is 734 g/mol. The van der Waals surface area contributed by atoms with Crippen molar-refractivity contribution in [3.8, 4) is 11.5 Å². The summed E-state index contributed by atoms with van der Waals surface area (Å²) in [6.07, 6.45) is 6.10. The number of hydrogen-bond donors (Lipinski definition) is 5. The van der Waals surface area contributed by atoms with E-state index in [1.807, 2.05) is 48.5 Å². The van der Waals surface area contributed by atoms with Crippen LogP contribution in [0.1, 0.15) is 80.6 Å². The summed E-state index contributed by atoms with van der Waals surface area (Å²) in [7, 11) is 1.55. The van der Waals surface area contributed by atoms with Crippen molar-refractivity contribution in [3.63, 3.8) is 0 Å². The molecule has 288 valence electrons. The molecule has 1 aromatic carbocycles. The molecule has 2 aliphatic rings. The van der Waals surface area contributed by atoms with Gasteiger partial charge in [0.15, 0.2) is 5.82 Å². The molecule has 1 saturated carbocycles. The molecule has 2 fully saturated rings. The Balaban J connectivity index is 1.70. The van der Waals surface area contributed by atoms with Gasteiger partial charge in [-0.1, -0.05) is 34.1 Å². The van der Waals surface area contributed by atoms with E-state index in [0.29, 0.717) is 34.6 Å². The number of aromatic nitrogens is 1. The number of methoxy groups -OCH3 is 1. The molecule has 1 aliphatic heterocycles. The molecule has 15 nitrogen and oxygen atoms in total. The van der Waals surface area contributed by atoms with E-state index in [0.717, 1.165) is 12.8 Å². The molecule has 6 N–H and O–H groups in total. The van der Waals surface area contributed by atoms with Gasteiger partial charge in [0.1, 0.15) is 29.7 Å². The number of ether oxygens (including phenoxy) is 2. The minimum absolute atomic E-state index is 0.0187. The van der Waals surface area contributed by atoms with Crippen LogP contribution >= 0.6 is 0 Å². The molecule has 1 saturated heterocycles. The minimum Gasteiger partial charge on any atom is -0.497 e. The van der Waals surface area contributed by atoms with Crippen LogP contribution in [0, 0.1) is 5.41 Å². The van der Waals surface area contributed by atoms with Gasteiger partial charge in [0.2, 0.25) is 17.6 Å². The van der Waals surface area contributed by atoms with E-state index in [9.17, 15) is 24.0 Å². The van der Waals surface area contributed by atoms with Crippen LogP contribution in [0.4, 0.5) is 10.6 Å². The Bertz CT molecular complexity index is 1740. The maximum atomic E-state index is 14.5. The molecular weight excluding hydrogens is 680 g/mol. The Labute approximate surface area is 310 Å². The van der Waals surface area contributed by atoms with Gasteiger partial charge in [-0.15, -0.1) is 0 Å². The quantitative estimate of drug-likeness (QED) is 0.142. The van der Waals surface area contributed by atoms with Crippen LogP contribution in [-0.2, 0) is 19.2 Å². The van der Waals surface area contributed by atoms with E-state index in [1.54, 1.807) is 37.5 Å². The summed E-state index contributed by atoms with van der Waals surface area (Å²) in [6.45, 7) is 12.8. The van der Waals surface area contributed by atoms with Crippen molar-refractivity contribution in [2.24, 2.45) is 16.1 Å². The minimum atomic E-state index is -1.09. The summed E-state index contributed by atoms with van der Waals surface area (Å²) >= 11 is 0. The van der Waals surface area contributed by atoms with Gasteiger partial charge >= 0.3 is 6.03 Å². The summed E-state index contributed by atoms with van der Waals surface area (Å²) in [5.41, 5.74) is 4.68. The number of aliphatic imine (C=N–C) groups is 1. The van der Waals surface area contributed by atoms with Gasteiger partial charge in [0, 0.05) is 41.7 Å². The summed E-state index contributed by atoms with van der Waals surface area (Å²) in [5.74, 6) is -1.27. The number of likely N-dealkylation sites (tertiary alicyclic amines) is 1. The molecule has 2 heterocycles. The molecule has 2 aromatic rings. The number of nitrogens with two attached hydrogens (primary N) is 1. The fraction of sp³-hybridized carbons (Fsp3) is 0.553. The zero-order valence-electron chi connectivity index (χ0n) is 31.9. The highest BCUT2D eigenvalue weighted by molar-refractivity contribution is 6.38. The molecule has 15 heteroatoms. The zero-order chi connectivity index (χ0) is 39.1. The van der Waals surface area contributed by atoms with E-state index < -0.39 is 64.7 Å². The molecule has 4 atom stereocenters. The lowest BCUT2D eigenvalue weighted by atomic mass is 9.85. The maximum Gasteiger partial charge on any atom is 0.315 e. The van der Waals surface area contributed by atoms with Crippen LogP contribution in [-0.4, -0.2) is 95.1 Å². The number of nitrogens with zero attached hydrogens (tertiary/aromatic N) is 3. The highest BCUT2D eigenvalue weighted by Crippen LogP contribution is 2.35. The van der Waals surface area contributed by atoms with Crippen molar-refractivity contribution < 1.29 is 33.4 Å². The van der Waals surface area contributed by atoms with Crippen LogP contribution in [0.5, 0.6) is 11.5 Å². The van der Waals surface area contributed by atoms with E-state index in [4.69, 9.17) is 15.2 Å². The smallest absolute Gasteiger partial charge is 0.315 e. The van der Waals surface area contributed by atoms with Gasteiger partial charge in [0.25, 0.3) is 5.91 Å². The first-order valence-corrected chi connectivity index (χ1v) is 18.0. The lowest BCUT2D eigenvalue weighted by Crippen LogP contribution is -2.61. The molecule has 5 amide bonds. The van der Waals surface area contributed by atoms with Gasteiger partial charge in [-0.3, -0.25) is 19.2 Å². The lowest BCUT2D eigenvalue weighted by Gasteiger charge is -2.36. The normalized spacial score (nSPS) is 18.8. The summed E-state index contributed by atoms with van der Waals surface area (Å²) in [5, 5.41) is 11.8. The molecule has 4 rings (SSSR count). The number of rotatable bonds is 14. The number of nitrogens with one attached hydrogen (secondary N) is 4. The average molecular weight is 735 g/mol. The van der Waals surface area contributed by atoms with E-state index in [2.05, 4.69) is 31.2 Å². The number of fused-ring (bicyclic) bond motifs is 1. The SMILES string of the molecule is CCC[C@H](NC(=O)[C@@H]1C[C@@H](Oc2cc(N=CC=CN)nc3cc(OC)ccc23)CN1C(=O)[C@@H](NC(=O)NC(C)(C)C)C(C)(C)C)C(=O)C(=O)NC1CC1. The number of carbonyl (C=O) groups excluding carboxylic acids is 5. The second-order valence-electron chi connectivity index (χ2n) is 15.6. The van der Waals surface area contributed by atoms with Crippen LogP contribution in [0.3, 0.4) is 0 Å². The molecule has 1 aliphatic carbocycles. The number of amides is 5. The van der Waals surface area contributed by atoms with Gasteiger partial charge in [-0.25, -0.2) is 14.8 Å². The molecule has 0 spiro atoms. The van der Waals surface area contributed by atoms with Crippen molar-refractivity contribution in [1.29, 1.82) is 0 Å². The van der Waals surface area contributed by atoms with Crippen molar-refractivity contribution >= 4 is 52.5 Å². The number of urea groups is 1. The third-order valence-electron chi connectivity index (χ3n) is 8.74. The fourth-order valence-electron chi connectivity index (χ4n) is 5.97. The third kappa shape index (κ3) is 11.1. The lowest BCUT2D eigenvalue weighted by molar-refractivity contribution is -0.144. The van der Waals surface area contributed by atoms with Crippen molar-refractivity contribution in [2.45, 2.75) is 116 Å². The first kappa shape index (κ1) is 40.6. The van der Waals surface area contributed by atoms with Gasteiger partial charge in [0.05, 0.1) is 25.2 Å². The summed E-state index contributed by atoms with van der Waals surface area (Å²) < 4.78 is 12.0. The summed E-state index contributed by atoms with van der Waals surface area (Å²) in [6, 6.07) is 3.18. The van der Waals surface area contributed by atoms with Crippen LogP contribution in [0.2, 0.25) is 0 Å². The zero-order valence-corrected chi connectivity index (χ0v) is 31.9. The van der Waals surface area contributed by atoms with E-state index in [-0.39, 0.29) is 25.4 Å². The Kier molecular flexibility index (Phi) is 13.1. The molecule has 53 heavy (non-hydrogen) atoms. The molecule has 1 aromatic heterocycles. The first-order valence-electron chi connectivity index (χ1n) is 18.0. The molecule has 0 bridgehead atoms. The van der Waals surface area contributed by atoms with Crippen LogP contribution in [0.25, 0.3) is 10.9 Å². The first-order chi connectivity index (χ1) is 24.9. The largest absolute Gasteiger partial charge is 0.497 e. The Morgan fingerprint density at radius 3 is 2.40 bits per heavy atom. The topological polar surface area (TPSA) is 206 Å². The Hall–Kier alpha value is -5.21. The van der Waals surface area contributed by atoms with Gasteiger partial charge in [-0.2, -0.15) is 0 Å². The Morgan fingerprint density at radius 1 is 1.08 bits per heavy atom. The van der Waals surface area contributed by atoms with Crippen molar-refractivity contribution in [3.05, 3.63) is 36.5 Å². The molecule has 0 unspecified atom stereocenters. The predicted octanol–water partition coefficient (Wildman–Crippen LogP) is 3.41. The fourth-order valence-corrected chi connectivity index (χ4v) is 5.97. The second-order valence-corrected chi connectivity index (χ2v) is 15.6. The van der Waals surface area contributed by atoms with E-state index in [1.165, 1.54) is 17.3 Å². The van der Waals surface area contributed by atoms with Gasteiger partial charge in [-0.05, 0) is 69.9 Å². The highest BCUT2D eigenvalue weighted by Gasteiger charge is 2.47. The van der Waals surface area contributed by atoms with Crippen molar-refractivity contribution in [1.82, 2.24) is 31.2 Å². The molecule has 0 radical (unpaired) electrons. The predicted molar refractivity (Wildman–Crippen MR) is 202 cm³/mol. The number of benzene rings is 1. The second kappa shape index (κ2) is 17.1. The van der Waals surface area contributed by atoms with Crippen LogP contribution in [0.15, 0.2) is 41.5 Å². The number of Topliss-reactive ketones (excluding diaryl/α,β-unsaturated/α-hetero) is 1. The van der Waals surface area contributed by atoms with E-state index >= 15 is 0 Å². The van der Waals surface area contributed by atoms with Gasteiger partial charge < -0.3 is 41.4 Å². The third-order valence-corrected chi connectivity index (χ3v) is 8.74. The standard InChI is InChI=1S/C38H54N8O7/c1-9-11-26(31(47)34(49)41-22-12-13-22)43-33(48)28-19-24(21-46(28)35(50)32(37(2,3)4)44-36(51)45-38(5,6)7)53-29-20-30(40-17-10-16-39)42-27-18-23(52-8)14-15-25(27)29/h10,14-18,20,22,24,26,28,32H,9,11-13,19,21,39H2,1-8H3,(H,41,49)(H,43,48)(H2,44,45,51)/t24-,26+,28+,32-/m1/s1. The number of hydrogen-bond acceptors (Lipinski definition) is 10. The number of ketones is 1. The highest BCUT2D eigenvalue weighted by atomic mass is 16.5. The number of allylic oxidation sites excluding steroid dienone is 1. The van der Waals surface area contributed by atoms with Crippen LogP contribution < -0.4 is 36.5 Å². The summed E-state index contributed by atoms with van der Waals surface area (Å²) in [4.78, 5) is 78.1. The number of carbonyl (C=O) groups is 5. The van der Waals surface area contributed by atoms with Crippen molar-refractivity contribution in [2.75, 3.05) is 13.7 Å².